The number of ether oxygens (including phenoxy) is 1. The van der Waals surface area contributed by atoms with Crippen LogP contribution in [-0.4, -0.2) is 49.2 Å². The Morgan fingerprint density at radius 2 is 2.11 bits per heavy atom. The number of rotatable bonds is 6. The maximum absolute atomic E-state index is 11.6. The fourth-order valence-electron chi connectivity index (χ4n) is 1.59. The van der Waals surface area contributed by atoms with Crippen molar-refractivity contribution in [2.24, 2.45) is 0 Å². The lowest BCUT2D eigenvalue weighted by Crippen LogP contribution is -2.37. The fraction of sp³-hybridized carbons (Fsp3) is 0.615. The first kappa shape index (κ1) is 15.2. The monoisotopic (exact) mass is 266 g/mol. The summed E-state index contributed by atoms with van der Waals surface area (Å²) < 4.78 is 4.99. The van der Waals surface area contributed by atoms with Crippen molar-refractivity contribution in [2.75, 3.05) is 37.0 Å². The van der Waals surface area contributed by atoms with Gasteiger partial charge in [-0.3, -0.25) is 4.79 Å². The van der Waals surface area contributed by atoms with Crippen molar-refractivity contribution >= 4 is 17.7 Å². The molecule has 6 heteroatoms. The van der Waals surface area contributed by atoms with Gasteiger partial charge in [-0.1, -0.05) is 0 Å². The van der Waals surface area contributed by atoms with Crippen molar-refractivity contribution in [3.8, 4) is 0 Å². The number of anilines is 2. The molecule has 0 aliphatic carbocycles. The number of carbonyl (C=O) groups is 1. The van der Waals surface area contributed by atoms with Crippen LogP contribution in [0.15, 0.2) is 12.3 Å². The predicted octanol–water partition coefficient (Wildman–Crippen LogP) is 1.32. The van der Waals surface area contributed by atoms with Gasteiger partial charge in [0.25, 0.3) is 0 Å². The smallest absolute Gasteiger partial charge is 0.325 e. The number of hydrogen-bond donors (Lipinski definition) is 0. The number of carbonyl (C=O) groups excluding carboxylic acids is 1. The minimum Gasteiger partial charge on any atom is -0.465 e. The minimum absolute atomic E-state index is 0.148. The van der Waals surface area contributed by atoms with Crippen molar-refractivity contribution in [3.63, 3.8) is 0 Å². The Morgan fingerprint density at radius 1 is 1.42 bits per heavy atom. The van der Waals surface area contributed by atoms with Gasteiger partial charge in [-0.25, -0.2) is 4.98 Å². The van der Waals surface area contributed by atoms with Gasteiger partial charge in [0.2, 0.25) is 5.95 Å². The van der Waals surface area contributed by atoms with Crippen LogP contribution in [0.1, 0.15) is 20.8 Å². The van der Waals surface area contributed by atoms with Gasteiger partial charge in [0.15, 0.2) is 0 Å². The molecule has 0 saturated heterocycles. The molecule has 0 saturated carbocycles. The second kappa shape index (κ2) is 6.92. The SMILES string of the molecule is CCOC(=O)CN(c1ccnc(N(C)C)n1)C(C)C. The molecule has 6 nitrogen and oxygen atoms in total. The molecule has 0 bridgehead atoms. The lowest BCUT2D eigenvalue weighted by Gasteiger charge is -2.27. The van der Waals surface area contributed by atoms with E-state index in [9.17, 15) is 4.79 Å². The number of esters is 1. The third-order valence-electron chi connectivity index (χ3n) is 2.55. The van der Waals surface area contributed by atoms with Crippen molar-refractivity contribution in [2.45, 2.75) is 26.8 Å². The average molecular weight is 266 g/mol. The molecule has 0 N–H and O–H groups in total. The second-order valence-corrected chi connectivity index (χ2v) is 4.64. The van der Waals surface area contributed by atoms with Crippen LogP contribution in [-0.2, 0) is 9.53 Å². The Hall–Kier alpha value is -1.85. The zero-order valence-electron chi connectivity index (χ0n) is 12.3. The maximum Gasteiger partial charge on any atom is 0.325 e. The second-order valence-electron chi connectivity index (χ2n) is 4.64. The van der Waals surface area contributed by atoms with Crippen LogP contribution in [0.25, 0.3) is 0 Å². The normalized spacial score (nSPS) is 10.4. The first-order valence-electron chi connectivity index (χ1n) is 6.38. The van der Waals surface area contributed by atoms with E-state index in [2.05, 4.69) is 9.97 Å². The molecule has 0 aliphatic rings. The summed E-state index contributed by atoms with van der Waals surface area (Å²) in [6.07, 6.45) is 1.69. The first-order valence-corrected chi connectivity index (χ1v) is 6.38. The molecule has 1 rings (SSSR count). The zero-order valence-corrected chi connectivity index (χ0v) is 12.3. The summed E-state index contributed by atoms with van der Waals surface area (Å²) in [4.78, 5) is 24.0. The van der Waals surface area contributed by atoms with E-state index in [1.807, 2.05) is 37.7 Å². The molecular formula is C13H22N4O2. The van der Waals surface area contributed by atoms with Crippen LogP contribution in [0.4, 0.5) is 11.8 Å². The van der Waals surface area contributed by atoms with E-state index in [-0.39, 0.29) is 18.6 Å². The third kappa shape index (κ3) is 4.39. The van der Waals surface area contributed by atoms with Gasteiger partial charge in [0.05, 0.1) is 6.61 Å². The Balaban J connectivity index is 2.92. The standard InChI is InChI=1S/C13H22N4O2/c1-6-19-12(18)9-17(10(2)3)11-7-8-14-13(15-11)16(4)5/h7-8,10H,6,9H2,1-5H3. The van der Waals surface area contributed by atoms with E-state index in [4.69, 9.17) is 4.74 Å². The lowest BCUT2D eigenvalue weighted by atomic mass is 10.3. The molecular weight excluding hydrogens is 244 g/mol. The molecule has 0 spiro atoms. The average Bonchev–Trinajstić information content (AvgIpc) is 2.36. The van der Waals surface area contributed by atoms with Crippen LogP contribution in [0, 0.1) is 0 Å². The summed E-state index contributed by atoms with van der Waals surface area (Å²) in [5.41, 5.74) is 0. The highest BCUT2D eigenvalue weighted by atomic mass is 16.5. The Morgan fingerprint density at radius 3 is 2.63 bits per heavy atom. The number of hydrogen-bond acceptors (Lipinski definition) is 6. The van der Waals surface area contributed by atoms with E-state index in [1.165, 1.54) is 0 Å². The van der Waals surface area contributed by atoms with E-state index >= 15 is 0 Å². The number of nitrogens with zero attached hydrogens (tertiary/aromatic N) is 4. The molecule has 0 atom stereocenters. The van der Waals surface area contributed by atoms with E-state index < -0.39 is 0 Å². The Bertz CT molecular complexity index is 421. The maximum atomic E-state index is 11.6. The van der Waals surface area contributed by atoms with Gasteiger partial charge in [0.1, 0.15) is 12.4 Å². The van der Waals surface area contributed by atoms with Crippen LogP contribution < -0.4 is 9.80 Å². The summed E-state index contributed by atoms with van der Waals surface area (Å²) >= 11 is 0. The highest BCUT2D eigenvalue weighted by molar-refractivity contribution is 5.75. The van der Waals surface area contributed by atoms with Crippen molar-refractivity contribution in [1.82, 2.24) is 9.97 Å². The van der Waals surface area contributed by atoms with Gasteiger partial charge in [-0.05, 0) is 26.8 Å². The van der Waals surface area contributed by atoms with Gasteiger partial charge >= 0.3 is 5.97 Å². The van der Waals surface area contributed by atoms with Gasteiger partial charge in [0, 0.05) is 26.3 Å². The zero-order chi connectivity index (χ0) is 14.4. The largest absolute Gasteiger partial charge is 0.465 e. The molecule has 0 radical (unpaired) electrons. The van der Waals surface area contributed by atoms with Gasteiger partial charge in [-0.15, -0.1) is 0 Å². The summed E-state index contributed by atoms with van der Waals surface area (Å²) in [5, 5.41) is 0. The molecule has 0 aromatic carbocycles. The number of aromatic nitrogens is 2. The highest BCUT2D eigenvalue weighted by Crippen LogP contribution is 2.16. The highest BCUT2D eigenvalue weighted by Gasteiger charge is 2.17. The quantitative estimate of drug-likeness (QED) is 0.724. The third-order valence-corrected chi connectivity index (χ3v) is 2.55. The van der Waals surface area contributed by atoms with Crippen LogP contribution in [0.2, 0.25) is 0 Å². The molecule has 0 fully saturated rings. The summed E-state index contributed by atoms with van der Waals surface area (Å²) in [5.74, 6) is 1.09. The lowest BCUT2D eigenvalue weighted by molar-refractivity contribution is -0.141. The topological polar surface area (TPSA) is 58.6 Å². The van der Waals surface area contributed by atoms with Crippen LogP contribution in [0.5, 0.6) is 0 Å². The van der Waals surface area contributed by atoms with E-state index in [0.717, 1.165) is 5.82 Å². The molecule has 1 heterocycles. The molecule has 19 heavy (non-hydrogen) atoms. The Kier molecular flexibility index (Phi) is 5.54. The molecule has 106 valence electrons. The molecule has 0 unspecified atom stereocenters. The van der Waals surface area contributed by atoms with Crippen molar-refractivity contribution in [3.05, 3.63) is 12.3 Å². The predicted molar refractivity (Wildman–Crippen MR) is 75.5 cm³/mol. The molecule has 1 aromatic rings. The fourth-order valence-corrected chi connectivity index (χ4v) is 1.59. The van der Waals surface area contributed by atoms with Crippen molar-refractivity contribution < 1.29 is 9.53 Å². The Labute approximate surface area is 114 Å². The van der Waals surface area contributed by atoms with E-state index in [0.29, 0.717) is 12.6 Å². The molecule has 0 aliphatic heterocycles. The van der Waals surface area contributed by atoms with Gasteiger partial charge in [-0.2, -0.15) is 4.98 Å². The summed E-state index contributed by atoms with van der Waals surface area (Å²) in [7, 11) is 3.76. The van der Waals surface area contributed by atoms with Crippen LogP contribution in [0.3, 0.4) is 0 Å². The summed E-state index contributed by atoms with van der Waals surface area (Å²) in [6, 6.07) is 1.95. The van der Waals surface area contributed by atoms with E-state index in [1.54, 1.807) is 19.2 Å². The minimum atomic E-state index is -0.249. The van der Waals surface area contributed by atoms with Crippen LogP contribution >= 0.6 is 0 Å². The molecule has 0 amide bonds. The van der Waals surface area contributed by atoms with Gasteiger partial charge < -0.3 is 14.5 Å². The first-order chi connectivity index (χ1) is 8.95. The molecule has 1 aromatic heterocycles. The van der Waals surface area contributed by atoms with Crippen molar-refractivity contribution in [1.29, 1.82) is 0 Å². The summed E-state index contributed by atoms with van der Waals surface area (Å²) in [6.45, 7) is 6.40.